The van der Waals surface area contributed by atoms with Crippen LogP contribution in [0.5, 0.6) is 0 Å². The number of hydrogen-bond donors (Lipinski definition) is 1. The normalized spacial score (nSPS) is 23.4. The number of benzene rings is 1. The summed E-state index contributed by atoms with van der Waals surface area (Å²) in [4.78, 5) is 26.9. The van der Waals surface area contributed by atoms with Crippen molar-refractivity contribution in [2.24, 2.45) is 17.8 Å². The zero-order valence-electron chi connectivity index (χ0n) is 19.4. The Bertz CT molecular complexity index is 1360. The molecule has 0 radical (unpaired) electrons. The highest BCUT2D eigenvalue weighted by Crippen LogP contribution is 2.40. The Morgan fingerprint density at radius 2 is 2.03 bits per heavy atom. The number of likely N-dealkylation sites (tertiary alicyclic amines) is 1. The molecule has 2 fully saturated rings. The summed E-state index contributed by atoms with van der Waals surface area (Å²) < 4.78 is 49.1. The van der Waals surface area contributed by atoms with Crippen LogP contribution < -0.4 is 5.69 Å². The summed E-state index contributed by atoms with van der Waals surface area (Å²) in [5.41, 5.74) is -0.645. The lowest BCUT2D eigenvalue weighted by atomic mass is 9.88. The Labute approximate surface area is 204 Å². The maximum Gasteiger partial charge on any atom is 0.418 e. The van der Waals surface area contributed by atoms with Crippen molar-refractivity contribution in [3.63, 3.8) is 0 Å². The fourth-order valence-corrected chi connectivity index (χ4v) is 5.35. The van der Waals surface area contributed by atoms with E-state index < -0.39 is 17.4 Å². The molecule has 2 aliphatic heterocycles. The van der Waals surface area contributed by atoms with Crippen molar-refractivity contribution in [2.75, 3.05) is 13.1 Å². The molecule has 2 aliphatic carbocycles. The zero-order chi connectivity index (χ0) is 25.0. The van der Waals surface area contributed by atoms with E-state index in [9.17, 15) is 22.8 Å². The summed E-state index contributed by atoms with van der Waals surface area (Å²) in [6, 6.07) is 4.06. The van der Waals surface area contributed by atoms with E-state index in [1.165, 1.54) is 6.07 Å². The van der Waals surface area contributed by atoms with E-state index >= 15 is 0 Å². The van der Waals surface area contributed by atoms with Crippen LogP contribution in [0.15, 0.2) is 53.2 Å². The standard InChI is InChI=1S/C26H25F3N4O3/c27-26(28,29)20-13-18(17-4-6-22-19(12-17)8-10-36-22)3-5-21(20)33-23(30-31-25(33)35)11-15-7-9-32(14-15)24(34)16-1-2-16/h3-6,8,10,13,15-16,19H,1-2,7,9,11-12,14H2,(H,31,35). The number of ether oxygens (including phenoxy) is 1. The lowest BCUT2D eigenvalue weighted by Gasteiger charge is -2.20. The number of H-pyrrole nitrogens is 1. The van der Waals surface area contributed by atoms with Gasteiger partial charge < -0.3 is 9.64 Å². The monoisotopic (exact) mass is 498 g/mol. The average Bonchev–Trinajstić information content (AvgIpc) is 3.24. The first-order valence-electron chi connectivity index (χ1n) is 12.2. The number of rotatable bonds is 5. The van der Waals surface area contributed by atoms with Gasteiger partial charge in [0, 0.05) is 31.3 Å². The number of carbonyl (C=O) groups is 1. The number of allylic oxidation sites excluding steroid dienone is 4. The molecule has 2 unspecified atom stereocenters. The van der Waals surface area contributed by atoms with Gasteiger partial charge in [-0.3, -0.25) is 4.79 Å². The molecule has 0 spiro atoms. The molecule has 3 heterocycles. The van der Waals surface area contributed by atoms with Crippen molar-refractivity contribution in [1.82, 2.24) is 19.7 Å². The first-order valence-corrected chi connectivity index (χ1v) is 12.2. The maximum absolute atomic E-state index is 14.2. The summed E-state index contributed by atoms with van der Waals surface area (Å²) in [6.45, 7) is 1.16. The van der Waals surface area contributed by atoms with Crippen LogP contribution in [0.2, 0.25) is 0 Å². The van der Waals surface area contributed by atoms with Gasteiger partial charge in [0.1, 0.15) is 11.6 Å². The summed E-state index contributed by atoms with van der Waals surface area (Å²) in [5, 5.41) is 6.38. The topological polar surface area (TPSA) is 80.2 Å². The van der Waals surface area contributed by atoms with Crippen molar-refractivity contribution in [3.8, 4) is 5.69 Å². The first-order chi connectivity index (χ1) is 17.3. The third-order valence-corrected chi connectivity index (χ3v) is 7.42. The summed E-state index contributed by atoms with van der Waals surface area (Å²) in [6.07, 6.45) is 5.78. The minimum atomic E-state index is -4.67. The minimum Gasteiger partial charge on any atom is -0.469 e. The Kier molecular flexibility index (Phi) is 5.42. The summed E-state index contributed by atoms with van der Waals surface area (Å²) >= 11 is 0. The minimum absolute atomic E-state index is 0.0138. The highest BCUT2D eigenvalue weighted by molar-refractivity contribution is 5.81. The van der Waals surface area contributed by atoms with Gasteiger partial charge in [-0.05, 0) is 67.0 Å². The van der Waals surface area contributed by atoms with E-state index in [2.05, 4.69) is 10.2 Å². The van der Waals surface area contributed by atoms with Gasteiger partial charge in [0.2, 0.25) is 5.91 Å². The van der Waals surface area contributed by atoms with Crippen molar-refractivity contribution in [1.29, 1.82) is 0 Å². The number of amides is 1. The largest absolute Gasteiger partial charge is 0.469 e. The third kappa shape index (κ3) is 4.18. The molecular weight excluding hydrogens is 473 g/mol. The Morgan fingerprint density at radius 3 is 2.81 bits per heavy atom. The molecule has 10 heteroatoms. The molecule has 1 amide bonds. The summed E-state index contributed by atoms with van der Waals surface area (Å²) in [5.74, 6) is 1.35. The molecule has 7 nitrogen and oxygen atoms in total. The van der Waals surface area contributed by atoms with Crippen LogP contribution in [0.1, 0.15) is 42.6 Å². The number of nitrogens with zero attached hydrogens (tertiary/aromatic N) is 3. The quantitative estimate of drug-likeness (QED) is 0.670. The smallest absolute Gasteiger partial charge is 0.418 e. The van der Waals surface area contributed by atoms with E-state index in [0.717, 1.165) is 41.2 Å². The van der Waals surface area contributed by atoms with Gasteiger partial charge in [0.15, 0.2) is 0 Å². The fourth-order valence-electron chi connectivity index (χ4n) is 5.35. The van der Waals surface area contributed by atoms with Crippen LogP contribution in [-0.2, 0) is 22.1 Å². The van der Waals surface area contributed by atoms with Gasteiger partial charge in [-0.2, -0.15) is 18.3 Å². The van der Waals surface area contributed by atoms with Gasteiger partial charge in [-0.25, -0.2) is 14.5 Å². The predicted octanol–water partition coefficient (Wildman–Crippen LogP) is 4.21. The lowest BCUT2D eigenvalue weighted by molar-refractivity contribution is -0.137. The molecule has 188 valence electrons. The molecule has 1 aromatic heterocycles. The molecular formula is C26H25F3N4O3. The van der Waals surface area contributed by atoms with Crippen LogP contribution >= 0.6 is 0 Å². The van der Waals surface area contributed by atoms with Gasteiger partial charge in [0.25, 0.3) is 0 Å². The zero-order valence-corrected chi connectivity index (χ0v) is 19.4. The van der Waals surface area contributed by atoms with Crippen LogP contribution in [0.3, 0.4) is 0 Å². The van der Waals surface area contributed by atoms with Crippen LogP contribution in [0.25, 0.3) is 11.3 Å². The van der Waals surface area contributed by atoms with Crippen molar-refractivity contribution in [2.45, 2.75) is 38.3 Å². The van der Waals surface area contributed by atoms with E-state index in [1.54, 1.807) is 24.5 Å². The molecule has 1 saturated heterocycles. The second-order valence-corrected chi connectivity index (χ2v) is 9.95. The molecule has 0 bridgehead atoms. The molecule has 6 rings (SSSR count). The summed E-state index contributed by atoms with van der Waals surface area (Å²) in [7, 11) is 0. The average molecular weight is 499 g/mol. The van der Waals surface area contributed by atoms with Gasteiger partial charge in [-0.15, -0.1) is 0 Å². The molecule has 1 saturated carbocycles. The van der Waals surface area contributed by atoms with E-state index in [1.807, 2.05) is 11.0 Å². The van der Waals surface area contributed by atoms with Crippen molar-refractivity contribution < 1.29 is 22.7 Å². The first kappa shape index (κ1) is 22.9. The molecule has 2 atom stereocenters. The molecule has 1 aromatic carbocycles. The molecule has 1 N–H and O–H groups in total. The number of aromatic nitrogens is 3. The lowest BCUT2D eigenvalue weighted by Crippen LogP contribution is -2.30. The number of nitrogens with one attached hydrogen (secondary N) is 1. The second kappa shape index (κ2) is 8.53. The van der Waals surface area contributed by atoms with Gasteiger partial charge in [0.05, 0.1) is 17.5 Å². The number of carbonyl (C=O) groups excluding carboxylic acids is 1. The number of alkyl halides is 3. The highest BCUT2D eigenvalue weighted by Gasteiger charge is 2.38. The van der Waals surface area contributed by atoms with E-state index in [-0.39, 0.29) is 35.2 Å². The third-order valence-electron chi connectivity index (χ3n) is 7.42. The molecule has 4 aliphatic rings. The van der Waals surface area contributed by atoms with Crippen LogP contribution in [0.4, 0.5) is 13.2 Å². The molecule has 36 heavy (non-hydrogen) atoms. The number of fused-ring (bicyclic) bond motifs is 1. The van der Waals surface area contributed by atoms with Crippen molar-refractivity contribution in [3.05, 3.63) is 75.9 Å². The SMILES string of the molecule is O=C(C1CC1)N1CCC(Cc2n[nH]c(=O)n2-c2ccc(C3=CC=C4OC=CC4C3)cc2C(F)(F)F)C1. The molecule has 2 aromatic rings. The van der Waals surface area contributed by atoms with Gasteiger partial charge in [-0.1, -0.05) is 12.1 Å². The number of hydrogen-bond acceptors (Lipinski definition) is 4. The van der Waals surface area contributed by atoms with E-state index in [0.29, 0.717) is 31.5 Å². The van der Waals surface area contributed by atoms with Crippen LogP contribution in [0, 0.1) is 17.8 Å². The van der Waals surface area contributed by atoms with Crippen LogP contribution in [-0.4, -0.2) is 38.7 Å². The Balaban J connectivity index is 1.30. The van der Waals surface area contributed by atoms with Gasteiger partial charge >= 0.3 is 11.9 Å². The highest BCUT2D eigenvalue weighted by atomic mass is 19.4. The Morgan fingerprint density at radius 1 is 1.19 bits per heavy atom. The maximum atomic E-state index is 14.2. The van der Waals surface area contributed by atoms with Crippen molar-refractivity contribution >= 4 is 11.5 Å². The Hall–Kier alpha value is -3.56. The predicted molar refractivity (Wildman–Crippen MR) is 125 cm³/mol. The van der Waals surface area contributed by atoms with E-state index in [4.69, 9.17) is 4.74 Å². The number of halogens is 3. The number of aromatic amines is 1. The second-order valence-electron chi connectivity index (χ2n) is 9.95. The fraction of sp³-hybridized carbons (Fsp3) is 0.423.